The van der Waals surface area contributed by atoms with E-state index in [9.17, 15) is 4.79 Å². The molecule has 1 aliphatic carbocycles. The molecule has 1 aromatic carbocycles. The second kappa shape index (κ2) is 7.14. The van der Waals surface area contributed by atoms with Crippen LogP contribution in [0.1, 0.15) is 37.7 Å². The number of carbonyl (C=O) groups is 1. The number of likely N-dealkylation sites (tertiary alicyclic amines) is 1. The molecule has 24 heavy (non-hydrogen) atoms. The molecule has 3 aliphatic rings. The zero-order chi connectivity index (χ0) is 16.4. The van der Waals surface area contributed by atoms with E-state index in [1.807, 2.05) is 6.07 Å². The minimum Gasteiger partial charge on any atom is -0.490 e. The van der Waals surface area contributed by atoms with E-state index in [0.717, 1.165) is 38.3 Å². The molecule has 2 aliphatic heterocycles. The Morgan fingerprint density at radius 1 is 1.17 bits per heavy atom. The minimum atomic E-state index is 0.312. The van der Waals surface area contributed by atoms with Crippen LogP contribution in [0.5, 0.6) is 5.75 Å². The molecule has 1 amide bonds. The van der Waals surface area contributed by atoms with Gasteiger partial charge in [-0.2, -0.15) is 0 Å². The lowest BCUT2D eigenvalue weighted by molar-refractivity contribution is -0.130. The van der Waals surface area contributed by atoms with E-state index in [4.69, 9.17) is 4.74 Å². The highest BCUT2D eigenvalue weighted by atomic mass is 16.5. The zero-order valence-electron chi connectivity index (χ0n) is 14.4. The summed E-state index contributed by atoms with van der Waals surface area (Å²) >= 11 is 0. The summed E-state index contributed by atoms with van der Waals surface area (Å²) < 4.78 is 6.07. The van der Waals surface area contributed by atoms with Gasteiger partial charge in [0.1, 0.15) is 5.75 Å². The van der Waals surface area contributed by atoms with Gasteiger partial charge in [-0.25, -0.2) is 0 Å². The lowest BCUT2D eigenvalue weighted by Crippen LogP contribution is -2.31. The number of nitrogens with zero attached hydrogens (tertiary/aromatic N) is 1. The molecule has 130 valence electrons. The number of hydrogen-bond donors (Lipinski definition) is 1. The summed E-state index contributed by atoms with van der Waals surface area (Å²) in [4.78, 5) is 14.6. The quantitative estimate of drug-likeness (QED) is 0.903. The van der Waals surface area contributed by atoms with Gasteiger partial charge in [0.15, 0.2) is 0 Å². The van der Waals surface area contributed by atoms with Crippen LogP contribution < -0.4 is 10.1 Å². The predicted octanol–water partition coefficient (Wildman–Crippen LogP) is 2.62. The van der Waals surface area contributed by atoms with Gasteiger partial charge >= 0.3 is 0 Å². The van der Waals surface area contributed by atoms with Gasteiger partial charge in [-0.3, -0.25) is 4.79 Å². The summed E-state index contributed by atoms with van der Waals surface area (Å²) in [5.74, 6) is 2.63. The molecule has 2 saturated heterocycles. The molecule has 0 aromatic heterocycles. The Morgan fingerprint density at radius 2 is 1.92 bits per heavy atom. The molecule has 1 saturated carbocycles. The van der Waals surface area contributed by atoms with Crippen molar-refractivity contribution in [1.82, 2.24) is 10.2 Å². The Bertz CT molecular complexity index is 571. The van der Waals surface area contributed by atoms with Crippen LogP contribution in [-0.2, 0) is 11.2 Å². The van der Waals surface area contributed by atoms with Crippen LogP contribution >= 0.6 is 0 Å². The van der Waals surface area contributed by atoms with E-state index in [0.29, 0.717) is 30.3 Å². The first kappa shape index (κ1) is 15.9. The van der Waals surface area contributed by atoms with Crippen molar-refractivity contribution in [3.05, 3.63) is 29.8 Å². The average Bonchev–Trinajstić information content (AvgIpc) is 3.29. The standard InChI is InChI=1S/C20H28N2O2/c23-20(22-13-16-11-21-12-17(16)14-22)9-8-15-4-3-7-19(10-15)24-18-5-1-2-6-18/h3-4,7,10,16-18,21H,1-2,5-6,8-9,11-14H2/t16-,17+. The number of carbonyl (C=O) groups excluding carboxylic acids is 1. The summed E-state index contributed by atoms with van der Waals surface area (Å²) in [5, 5.41) is 3.43. The largest absolute Gasteiger partial charge is 0.490 e. The second-order valence-corrected chi connectivity index (χ2v) is 7.65. The van der Waals surface area contributed by atoms with Crippen LogP contribution in [0.25, 0.3) is 0 Å². The topological polar surface area (TPSA) is 41.6 Å². The van der Waals surface area contributed by atoms with Gasteiger partial charge in [-0.05, 0) is 61.6 Å². The fourth-order valence-electron chi connectivity index (χ4n) is 4.44. The molecule has 2 heterocycles. The number of benzene rings is 1. The lowest BCUT2D eigenvalue weighted by atomic mass is 10.0. The molecule has 0 radical (unpaired) electrons. The highest BCUT2D eigenvalue weighted by molar-refractivity contribution is 5.76. The smallest absolute Gasteiger partial charge is 0.222 e. The Hall–Kier alpha value is -1.55. The van der Waals surface area contributed by atoms with E-state index >= 15 is 0 Å². The van der Waals surface area contributed by atoms with Gasteiger partial charge in [0.05, 0.1) is 6.10 Å². The van der Waals surface area contributed by atoms with Crippen molar-refractivity contribution in [2.75, 3.05) is 26.2 Å². The van der Waals surface area contributed by atoms with E-state index in [1.165, 1.54) is 31.2 Å². The summed E-state index contributed by atoms with van der Waals surface area (Å²) in [7, 11) is 0. The average molecular weight is 328 g/mol. The summed E-state index contributed by atoms with van der Waals surface area (Å²) in [5.41, 5.74) is 1.21. The van der Waals surface area contributed by atoms with E-state index < -0.39 is 0 Å². The molecular formula is C20H28N2O2. The highest BCUT2D eigenvalue weighted by Gasteiger charge is 2.37. The third kappa shape index (κ3) is 3.59. The van der Waals surface area contributed by atoms with Crippen molar-refractivity contribution in [1.29, 1.82) is 0 Å². The molecule has 0 unspecified atom stereocenters. The molecule has 4 nitrogen and oxygen atoms in total. The van der Waals surface area contributed by atoms with Gasteiger partial charge in [0.25, 0.3) is 0 Å². The number of hydrogen-bond acceptors (Lipinski definition) is 3. The Balaban J connectivity index is 1.28. The number of ether oxygens (including phenoxy) is 1. The molecule has 1 N–H and O–H groups in total. The van der Waals surface area contributed by atoms with Crippen molar-refractivity contribution in [2.45, 2.75) is 44.6 Å². The molecular weight excluding hydrogens is 300 g/mol. The third-order valence-corrected chi connectivity index (χ3v) is 5.87. The van der Waals surface area contributed by atoms with Crippen LogP contribution in [-0.4, -0.2) is 43.1 Å². The van der Waals surface area contributed by atoms with Crippen molar-refractivity contribution in [2.24, 2.45) is 11.8 Å². The van der Waals surface area contributed by atoms with Gasteiger partial charge in [0.2, 0.25) is 5.91 Å². The summed E-state index contributed by atoms with van der Waals surface area (Å²) in [6.07, 6.45) is 6.73. The SMILES string of the molecule is O=C(CCc1cccc(OC2CCCC2)c1)N1C[C@H]2CNC[C@H]2C1. The van der Waals surface area contributed by atoms with Crippen LogP contribution in [0.15, 0.2) is 24.3 Å². The fourth-order valence-corrected chi connectivity index (χ4v) is 4.44. The van der Waals surface area contributed by atoms with Gasteiger partial charge < -0.3 is 15.0 Å². The van der Waals surface area contributed by atoms with Crippen LogP contribution in [0.2, 0.25) is 0 Å². The Kier molecular flexibility index (Phi) is 4.74. The minimum absolute atomic E-state index is 0.312. The number of nitrogens with one attached hydrogen (secondary N) is 1. The Morgan fingerprint density at radius 3 is 2.67 bits per heavy atom. The predicted molar refractivity (Wildman–Crippen MR) is 94.1 cm³/mol. The van der Waals surface area contributed by atoms with Gasteiger partial charge in [-0.15, -0.1) is 0 Å². The molecule has 3 fully saturated rings. The molecule has 1 aromatic rings. The van der Waals surface area contributed by atoms with Crippen LogP contribution in [0, 0.1) is 11.8 Å². The number of rotatable bonds is 5. The molecule has 0 spiro atoms. The van der Waals surface area contributed by atoms with Crippen LogP contribution in [0.3, 0.4) is 0 Å². The number of amides is 1. The van der Waals surface area contributed by atoms with Crippen LogP contribution in [0.4, 0.5) is 0 Å². The molecule has 4 heteroatoms. The van der Waals surface area contributed by atoms with Crippen molar-refractivity contribution in [3.63, 3.8) is 0 Å². The molecule has 2 atom stereocenters. The second-order valence-electron chi connectivity index (χ2n) is 7.65. The number of aryl methyl sites for hydroxylation is 1. The number of fused-ring (bicyclic) bond motifs is 1. The lowest BCUT2D eigenvalue weighted by Gasteiger charge is -2.18. The third-order valence-electron chi connectivity index (χ3n) is 5.87. The maximum Gasteiger partial charge on any atom is 0.222 e. The highest BCUT2D eigenvalue weighted by Crippen LogP contribution is 2.27. The van der Waals surface area contributed by atoms with Gasteiger partial charge in [0, 0.05) is 32.6 Å². The van der Waals surface area contributed by atoms with E-state index in [1.54, 1.807) is 0 Å². The van der Waals surface area contributed by atoms with E-state index in [2.05, 4.69) is 28.4 Å². The van der Waals surface area contributed by atoms with Gasteiger partial charge in [-0.1, -0.05) is 12.1 Å². The Labute approximate surface area is 144 Å². The van der Waals surface area contributed by atoms with Crippen molar-refractivity contribution in [3.8, 4) is 5.75 Å². The molecule has 4 rings (SSSR count). The zero-order valence-corrected chi connectivity index (χ0v) is 14.4. The summed E-state index contributed by atoms with van der Waals surface area (Å²) in [6, 6.07) is 8.32. The maximum atomic E-state index is 12.5. The van der Waals surface area contributed by atoms with Crippen molar-refractivity contribution >= 4 is 5.91 Å². The molecule has 0 bridgehead atoms. The first-order valence-electron chi connectivity index (χ1n) is 9.52. The monoisotopic (exact) mass is 328 g/mol. The first-order valence-corrected chi connectivity index (χ1v) is 9.52. The van der Waals surface area contributed by atoms with Crippen molar-refractivity contribution < 1.29 is 9.53 Å². The first-order chi connectivity index (χ1) is 11.8. The summed E-state index contributed by atoms with van der Waals surface area (Å²) in [6.45, 7) is 4.05. The normalized spacial score (nSPS) is 26.8. The van der Waals surface area contributed by atoms with E-state index in [-0.39, 0.29) is 0 Å². The fraction of sp³-hybridized carbons (Fsp3) is 0.650. The maximum absolute atomic E-state index is 12.5.